The zero-order chi connectivity index (χ0) is 11.6. The molecule has 0 atom stereocenters. The van der Waals surface area contributed by atoms with Gasteiger partial charge in [0.25, 0.3) is 0 Å². The minimum absolute atomic E-state index is 0.133. The Labute approximate surface area is 92.5 Å². The highest BCUT2D eigenvalue weighted by Gasteiger charge is 2.10. The predicted octanol–water partition coefficient (Wildman–Crippen LogP) is 0.455. The Morgan fingerprint density at radius 1 is 1.25 bits per heavy atom. The van der Waals surface area contributed by atoms with Gasteiger partial charge in [-0.25, -0.2) is 4.68 Å². The molecule has 0 saturated carbocycles. The summed E-state index contributed by atoms with van der Waals surface area (Å²) in [6, 6.07) is 8.28. The van der Waals surface area contributed by atoms with E-state index in [-0.39, 0.29) is 5.75 Å². The minimum atomic E-state index is -4.03. The van der Waals surface area contributed by atoms with Crippen molar-refractivity contribution >= 4 is 10.3 Å². The molecule has 0 aliphatic carbocycles. The SMILES string of the molecule is NS(=O)(=O)Oc1ccccc1-n1cccn1. The molecule has 0 aliphatic heterocycles. The van der Waals surface area contributed by atoms with E-state index in [1.165, 1.54) is 10.7 Å². The van der Waals surface area contributed by atoms with E-state index in [4.69, 9.17) is 5.14 Å². The highest BCUT2D eigenvalue weighted by Crippen LogP contribution is 2.22. The van der Waals surface area contributed by atoms with Crippen molar-refractivity contribution in [2.45, 2.75) is 0 Å². The zero-order valence-electron chi connectivity index (χ0n) is 8.15. The van der Waals surface area contributed by atoms with Crippen molar-refractivity contribution in [2.24, 2.45) is 5.14 Å². The summed E-state index contributed by atoms with van der Waals surface area (Å²) in [5, 5.41) is 8.79. The lowest BCUT2D eigenvalue weighted by Crippen LogP contribution is -2.19. The van der Waals surface area contributed by atoms with Crippen LogP contribution in [-0.4, -0.2) is 18.2 Å². The van der Waals surface area contributed by atoms with Crippen molar-refractivity contribution in [3.05, 3.63) is 42.7 Å². The van der Waals surface area contributed by atoms with Crippen LogP contribution >= 0.6 is 0 Å². The van der Waals surface area contributed by atoms with E-state index < -0.39 is 10.3 Å². The fraction of sp³-hybridized carbons (Fsp3) is 0. The molecule has 2 N–H and O–H groups in total. The molecule has 1 aromatic carbocycles. The van der Waals surface area contributed by atoms with Crippen LogP contribution in [0.25, 0.3) is 5.69 Å². The molecule has 0 spiro atoms. The van der Waals surface area contributed by atoms with Crippen LogP contribution in [0.1, 0.15) is 0 Å². The summed E-state index contributed by atoms with van der Waals surface area (Å²) in [6.07, 6.45) is 3.25. The smallest absolute Gasteiger partial charge is 0.369 e. The quantitative estimate of drug-likeness (QED) is 0.842. The molecule has 0 unspecified atom stereocenters. The first-order chi connectivity index (χ1) is 7.56. The minimum Gasteiger partial charge on any atom is -0.369 e. The van der Waals surface area contributed by atoms with Crippen LogP contribution < -0.4 is 9.32 Å². The summed E-state index contributed by atoms with van der Waals surface area (Å²) in [5.74, 6) is 0.133. The van der Waals surface area contributed by atoms with Gasteiger partial charge in [0.05, 0.1) is 0 Å². The molecule has 2 aromatic rings. The molecule has 2 rings (SSSR count). The van der Waals surface area contributed by atoms with Gasteiger partial charge in [-0.15, -0.1) is 0 Å². The number of benzene rings is 1. The van der Waals surface area contributed by atoms with Gasteiger partial charge in [-0.2, -0.15) is 18.7 Å². The molecule has 1 aromatic heterocycles. The van der Waals surface area contributed by atoms with Crippen LogP contribution in [0, 0.1) is 0 Å². The lowest BCUT2D eigenvalue weighted by Gasteiger charge is -2.08. The molecule has 0 radical (unpaired) electrons. The van der Waals surface area contributed by atoms with Gasteiger partial charge < -0.3 is 4.18 Å². The molecule has 7 heteroatoms. The number of hydrogen-bond donors (Lipinski definition) is 1. The van der Waals surface area contributed by atoms with Crippen LogP contribution in [0.3, 0.4) is 0 Å². The van der Waals surface area contributed by atoms with E-state index in [0.717, 1.165) is 0 Å². The van der Waals surface area contributed by atoms with E-state index in [2.05, 4.69) is 9.28 Å². The van der Waals surface area contributed by atoms with Crippen molar-refractivity contribution in [1.82, 2.24) is 9.78 Å². The maximum atomic E-state index is 10.8. The monoisotopic (exact) mass is 239 g/mol. The maximum Gasteiger partial charge on any atom is 0.380 e. The van der Waals surface area contributed by atoms with Crippen molar-refractivity contribution < 1.29 is 12.6 Å². The second kappa shape index (κ2) is 3.95. The number of hydrogen-bond acceptors (Lipinski definition) is 4. The molecule has 6 nitrogen and oxygen atoms in total. The van der Waals surface area contributed by atoms with E-state index in [9.17, 15) is 8.42 Å². The summed E-state index contributed by atoms with van der Waals surface area (Å²) >= 11 is 0. The third-order valence-electron chi connectivity index (χ3n) is 1.82. The van der Waals surface area contributed by atoms with Crippen LogP contribution in [0.15, 0.2) is 42.7 Å². The fourth-order valence-electron chi connectivity index (χ4n) is 1.25. The first-order valence-electron chi connectivity index (χ1n) is 4.37. The predicted molar refractivity (Wildman–Crippen MR) is 57.3 cm³/mol. The number of aromatic nitrogens is 2. The van der Waals surface area contributed by atoms with Crippen molar-refractivity contribution in [3.8, 4) is 11.4 Å². The molecule has 0 bridgehead atoms. The Hall–Kier alpha value is -1.86. The molecule has 0 saturated heterocycles. The van der Waals surface area contributed by atoms with Gasteiger partial charge in [-0.1, -0.05) is 12.1 Å². The summed E-state index contributed by atoms with van der Waals surface area (Å²) in [5.41, 5.74) is 0.501. The van der Waals surface area contributed by atoms with E-state index >= 15 is 0 Å². The third-order valence-corrected chi connectivity index (χ3v) is 2.23. The maximum absolute atomic E-state index is 10.8. The van der Waals surface area contributed by atoms with Gasteiger partial charge in [0.2, 0.25) is 0 Å². The zero-order valence-corrected chi connectivity index (χ0v) is 8.96. The average molecular weight is 239 g/mol. The molecule has 0 amide bonds. The number of rotatable bonds is 3. The van der Waals surface area contributed by atoms with Crippen LogP contribution in [0.4, 0.5) is 0 Å². The standard InChI is InChI=1S/C9H9N3O3S/c10-16(13,14)15-9-5-2-1-4-8(9)12-7-3-6-11-12/h1-7H,(H2,10,13,14). The Bertz CT molecular complexity index is 578. The molecular weight excluding hydrogens is 230 g/mol. The Morgan fingerprint density at radius 3 is 2.62 bits per heavy atom. The summed E-state index contributed by atoms with van der Waals surface area (Å²) in [4.78, 5) is 0. The van der Waals surface area contributed by atoms with Crippen LogP contribution in [0.2, 0.25) is 0 Å². The molecule has 1 heterocycles. The van der Waals surface area contributed by atoms with E-state index in [0.29, 0.717) is 5.69 Å². The second-order valence-electron chi connectivity index (χ2n) is 2.99. The van der Waals surface area contributed by atoms with Gasteiger partial charge in [0.15, 0.2) is 5.75 Å². The van der Waals surface area contributed by atoms with E-state index in [1.54, 1.807) is 36.7 Å². The first-order valence-corrected chi connectivity index (χ1v) is 5.85. The molecule has 0 aliphatic rings. The first kappa shape index (κ1) is 10.7. The number of nitrogens with zero attached hydrogens (tertiary/aromatic N) is 2. The highest BCUT2D eigenvalue weighted by molar-refractivity contribution is 7.84. The van der Waals surface area contributed by atoms with Gasteiger partial charge in [0.1, 0.15) is 5.69 Å². The van der Waals surface area contributed by atoms with Gasteiger partial charge in [0, 0.05) is 12.4 Å². The summed E-state index contributed by atoms with van der Waals surface area (Å²) in [6.45, 7) is 0. The Kier molecular flexibility index (Phi) is 2.63. The Morgan fingerprint density at radius 2 is 2.00 bits per heavy atom. The Balaban J connectivity index is 2.47. The summed E-state index contributed by atoms with van der Waals surface area (Å²) < 4.78 is 27.8. The molecular formula is C9H9N3O3S. The fourth-order valence-corrected chi connectivity index (χ4v) is 1.64. The average Bonchev–Trinajstić information content (AvgIpc) is 2.69. The van der Waals surface area contributed by atoms with E-state index in [1.807, 2.05) is 0 Å². The normalized spacial score (nSPS) is 11.3. The number of para-hydroxylation sites is 2. The number of nitrogens with two attached hydrogens (primary N) is 1. The third kappa shape index (κ3) is 2.38. The largest absolute Gasteiger partial charge is 0.380 e. The topological polar surface area (TPSA) is 87.2 Å². The van der Waals surface area contributed by atoms with Crippen LogP contribution in [-0.2, 0) is 10.3 Å². The summed E-state index contributed by atoms with van der Waals surface area (Å²) in [7, 11) is -4.03. The van der Waals surface area contributed by atoms with Crippen molar-refractivity contribution in [2.75, 3.05) is 0 Å². The lowest BCUT2D eigenvalue weighted by molar-refractivity contribution is 0.485. The van der Waals surface area contributed by atoms with Gasteiger partial charge >= 0.3 is 10.3 Å². The van der Waals surface area contributed by atoms with Gasteiger partial charge in [-0.05, 0) is 18.2 Å². The molecule has 84 valence electrons. The van der Waals surface area contributed by atoms with Crippen molar-refractivity contribution in [3.63, 3.8) is 0 Å². The highest BCUT2D eigenvalue weighted by atomic mass is 32.2. The van der Waals surface area contributed by atoms with Crippen molar-refractivity contribution in [1.29, 1.82) is 0 Å². The van der Waals surface area contributed by atoms with Gasteiger partial charge in [-0.3, -0.25) is 0 Å². The lowest BCUT2D eigenvalue weighted by atomic mass is 10.3. The second-order valence-corrected chi connectivity index (χ2v) is 4.15. The van der Waals surface area contributed by atoms with Crippen LogP contribution in [0.5, 0.6) is 5.75 Å². The molecule has 0 fully saturated rings. The molecule has 16 heavy (non-hydrogen) atoms.